The number of benzene rings is 2. The maximum absolute atomic E-state index is 12.2. The van der Waals surface area contributed by atoms with Crippen LogP contribution in [0.2, 0.25) is 0 Å². The van der Waals surface area contributed by atoms with Crippen LogP contribution in [0, 0.1) is 0 Å². The maximum Gasteiger partial charge on any atom is 0.224 e. The molecule has 0 saturated carbocycles. The Hall–Kier alpha value is -3.02. The van der Waals surface area contributed by atoms with Gasteiger partial charge in [0.05, 0.1) is 25.8 Å². The Balaban J connectivity index is 1.93. The zero-order valence-electron chi connectivity index (χ0n) is 14.2. The topological polar surface area (TPSA) is 90.7 Å². The van der Waals surface area contributed by atoms with E-state index in [4.69, 9.17) is 15.2 Å². The first kappa shape index (κ1) is 18.3. The van der Waals surface area contributed by atoms with Gasteiger partial charge in [-0.3, -0.25) is 9.59 Å². The predicted molar refractivity (Wildman–Crippen MR) is 95.7 cm³/mol. The number of nitrogens with one attached hydrogen (secondary N) is 1. The molecule has 0 saturated heterocycles. The number of hydrogen-bond donors (Lipinski definition) is 2. The highest BCUT2D eigenvalue weighted by Gasteiger charge is 2.10. The third kappa shape index (κ3) is 5.84. The Bertz CT molecular complexity index is 731. The summed E-state index contributed by atoms with van der Waals surface area (Å²) >= 11 is 0. The van der Waals surface area contributed by atoms with Crippen molar-refractivity contribution in [3.8, 4) is 11.5 Å². The lowest BCUT2D eigenvalue weighted by molar-refractivity contribution is -0.118. The summed E-state index contributed by atoms with van der Waals surface area (Å²) in [7, 11) is 1.61. The van der Waals surface area contributed by atoms with Gasteiger partial charge in [0.25, 0.3) is 0 Å². The third-order valence-electron chi connectivity index (χ3n) is 3.58. The third-order valence-corrected chi connectivity index (χ3v) is 3.58. The lowest BCUT2D eigenvalue weighted by Crippen LogP contribution is -2.16. The molecule has 0 unspecified atom stereocenters. The van der Waals surface area contributed by atoms with Gasteiger partial charge in [-0.1, -0.05) is 30.3 Å². The van der Waals surface area contributed by atoms with Crippen molar-refractivity contribution in [1.29, 1.82) is 0 Å². The number of carbonyl (C=O) groups is 2. The van der Waals surface area contributed by atoms with E-state index in [0.29, 0.717) is 24.3 Å². The average molecular weight is 342 g/mol. The molecule has 0 atom stereocenters. The van der Waals surface area contributed by atoms with Gasteiger partial charge in [-0.25, -0.2) is 0 Å². The molecular weight excluding hydrogens is 320 g/mol. The van der Waals surface area contributed by atoms with Gasteiger partial charge in [0.2, 0.25) is 11.8 Å². The lowest BCUT2D eigenvalue weighted by Gasteiger charge is -2.12. The first-order chi connectivity index (χ1) is 12.1. The Morgan fingerprint density at radius 3 is 2.40 bits per heavy atom. The van der Waals surface area contributed by atoms with Crippen molar-refractivity contribution >= 4 is 17.5 Å². The Morgan fingerprint density at radius 2 is 1.68 bits per heavy atom. The molecule has 0 fully saturated rings. The molecule has 0 spiro atoms. The quantitative estimate of drug-likeness (QED) is 0.732. The number of aryl methyl sites for hydroxylation is 1. The van der Waals surface area contributed by atoms with Crippen molar-refractivity contribution in [2.45, 2.75) is 19.3 Å². The van der Waals surface area contributed by atoms with Crippen molar-refractivity contribution in [2.75, 3.05) is 19.0 Å². The van der Waals surface area contributed by atoms with Gasteiger partial charge >= 0.3 is 0 Å². The lowest BCUT2D eigenvalue weighted by atomic mass is 10.1. The van der Waals surface area contributed by atoms with Gasteiger partial charge in [-0.15, -0.1) is 0 Å². The fraction of sp³-hybridized carbons (Fsp3) is 0.263. The monoisotopic (exact) mass is 342 g/mol. The highest BCUT2D eigenvalue weighted by molar-refractivity contribution is 5.92. The van der Waals surface area contributed by atoms with Crippen molar-refractivity contribution < 1.29 is 19.1 Å². The van der Waals surface area contributed by atoms with Gasteiger partial charge in [0, 0.05) is 6.42 Å². The summed E-state index contributed by atoms with van der Waals surface area (Å²) in [5.41, 5.74) is 6.64. The Labute approximate surface area is 146 Å². The number of hydrogen-bond acceptors (Lipinski definition) is 4. The van der Waals surface area contributed by atoms with E-state index in [0.717, 1.165) is 11.3 Å². The number of carbonyl (C=O) groups excluding carboxylic acids is 2. The zero-order chi connectivity index (χ0) is 18.1. The number of rotatable bonds is 9. The van der Waals surface area contributed by atoms with Gasteiger partial charge in [-0.2, -0.15) is 0 Å². The smallest absolute Gasteiger partial charge is 0.224 e. The Kier molecular flexibility index (Phi) is 6.83. The second-order valence-corrected chi connectivity index (χ2v) is 5.42. The highest BCUT2D eigenvalue weighted by atomic mass is 16.5. The molecule has 0 aliphatic rings. The average Bonchev–Trinajstić information content (AvgIpc) is 2.61. The van der Waals surface area contributed by atoms with Crippen LogP contribution >= 0.6 is 0 Å². The molecule has 0 bridgehead atoms. The van der Waals surface area contributed by atoms with Crippen molar-refractivity contribution in [2.24, 2.45) is 5.73 Å². The fourth-order valence-electron chi connectivity index (χ4n) is 2.33. The molecule has 2 aromatic carbocycles. The van der Waals surface area contributed by atoms with E-state index >= 15 is 0 Å². The number of para-hydroxylation sites is 3. The second-order valence-electron chi connectivity index (χ2n) is 5.42. The molecule has 2 aromatic rings. The van der Waals surface area contributed by atoms with E-state index < -0.39 is 5.91 Å². The molecule has 3 N–H and O–H groups in total. The van der Waals surface area contributed by atoms with Gasteiger partial charge < -0.3 is 20.5 Å². The van der Waals surface area contributed by atoms with E-state index in [9.17, 15) is 9.59 Å². The molecule has 2 rings (SSSR count). The summed E-state index contributed by atoms with van der Waals surface area (Å²) in [5.74, 6) is 0.718. The molecule has 132 valence electrons. The summed E-state index contributed by atoms with van der Waals surface area (Å²) < 4.78 is 10.8. The number of methoxy groups -OCH3 is 1. The van der Waals surface area contributed by atoms with Crippen LogP contribution in [-0.4, -0.2) is 25.5 Å². The van der Waals surface area contributed by atoms with Gasteiger partial charge in [0.1, 0.15) is 11.5 Å². The highest BCUT2D eigenvalue weighted by Crippen LogP contribution is 2.24. The minimum Gasteiger partial charge on any atom is -0.496 e. The number of ether oxygens (including phenoxy) is 2. The van der Waals surface area contributed by atoms with Crippen LogP contribution in [0.25, 0.3) is 0 Å². The summed E-state index contributed by atoms with van der Waals surface area (Å²) in [6.45, 7) is 0.170. The van der Waals surface area contributed by atoms with Crippen LogP contribution in [0.3, 0.4) is 0 Å². The molecule has 0 aliphatic carbocycles. The van der Waals surface area contributed by atoms with Crippen molar-refractivity contribution in [1.82, 2.24) is 0 Å². The van der Waals surface area contributed by atoms with Crippen LogP contribution < -0.4 is 20.5 Å². The zero-order valence-corrected chi connectivity index (χ0v) is 14.2. The SMILES string of the molecule is COc1ccccc1CCC(=O)Nc1ccccc1OCCC(N)=O. The number of anilines is 1. The van der Waals surface area contributed by atoms with E-state index in [-0.39, 0.29) is 18.9 Å². The summed E-state index contributed by atoms with van der Waals surface area (Å²) in [4.78, 5) is 23.0. The first-order valence-electron chi connectivity index (χ1n) is 8.02. The van der Waals surface area contributed by atoms with E-state index in [1.807, 2.05) is 24.3 Å². The van der Waals surface area contributed by atoms with Crippen LogP contribution in [0.5, 0.6) is 11.5 Å². The molecule has 6 heteroatoms. The number of primary amides is 1. The minimum atomic E-state index is -0.432. The van der Waals surface area contributed by atoms with Crippen molar-refractivity contribution in [3.05, 3.63) is 54.1 Å². The van der Waals surface area contributed by atoms with E-state index in [1.54, 1.807) is 31.4 Å². The van der Waals surface area contributed by atoms with Crippen LogP contribution in [0.4, 0.5) is 5.69 Å². The molecular formula is C19H22N2O4. The number of nitrogens with two attached hydrogens (primary N) is 1. The molecule has 2 amide bonds. The van der Waals surface area contributed by atoms with Gasteiger partial charge in [-0.05, 0) is 30.2 Å². The fourth-order valence-corrected chi connectivity index (χ4v) is 2.33. The molecule has 0 aromatic heterocycles. The normalized spacial score (nSPS) is 10.1. The second kappa shape index (κ2) is 9.32. The molecule has 25 heavy (non-hydrogen) atoms. The predicted octanol–water partition coefficient (Wildman–Crippen LogP) is 2.52. The minimum absolute atomic E-state index is 0.121. The summed E-state index contributed by atoms with van der Waals surface area (Å²) in [6.07, 6.45) is 1.01. The van der Waals surface area contributed by atoms with Crippen LogP contribution in [0.15, 0.2) is 48.5 Å². The number of amides is 2. The van der Waals surface area contributed by atoms with Crippen LogP contribution in [-0.2, 0) is 16.0 Å². The maximum atomic E-state index is 12.2. The molecule has 0 aliphatic heterocycles. The van der Waals surface area contributed by atoms with Crippen LogP contribution in [0.1, 0.15) is 18.4 Å². The standard InChI is InChI=1S/C19H22N2O4/c1-24-16-8-4-2-6-14(16)10-11-19(23)21-15-7-3-5-9-17(15)25-13-12-18(20)22/h2-9H,10-13H2,1H3,(H2,20,22)(H,21,23). The molecule has 6 nitrogen and oxygen atoms in total. The summed E-state index contributed by atoms with van der Waals surface area (Å²) in [5, 5.41) is 2.84. The molecule has 0 radical (unpaired) electrons. The Morgan fingerprint density at radius 1 is 1.00 bits per heavy atom. The first-order valence-corrected chi connectivity index (χ1v) is 8.02. The summed E-state index contributed by atoms with van der Waals surface area (Å²) in [6, 6.07) is 14.7. The van der Waals surface area contributed by atoms with Gasteiger partial charge in [0.15, 0.2) is 0 Å². The van der Waals surface area contributed by atoms with E-state index in [2.05, 4.69) is 5.32 Å². The van der Waals surface area contributed by atoms with Crippen molar-refractivity contribution in [3.63, 3.8) is 0 Å². The largest absolute Gasteiger partial charge is 0.496 e. The molecule has 0 heterocycles. The van der Waals surface area contributed by atoms with E-state index in [1.165, 1.54) is 0 Å².